The van der Waals surface area contributed by atoms with Gasteiger partial charge in [-0.05, 0) is 67.6 Å². The first kappa shape index (κ1) is 20.2. The molecule has 0 atom stereocenters. The summed E-state index contributed by atoms with van der Waals surface area (Å²) in [6, 6.07) is 9.38. The molecule has 0 unspecified atom stereocenters. The van der Waals surface area contributed by atoms with Crippen LogP contribution in [0.2, 0.25) is 0 Å². The molecule has 164 valence electrons. The summed E-state index contributed by atoms with van der Waals surface area (Å²) >= 11 is 0. The third kappa shape index (κ3) is 3.39. The number of halogens is 2. The number of rotatable bonds is 4. The maximum atomic E-state index is 13.3. The summed E-state index contributed by atoms with van der Waals surface area (Å²) in [6.07, 6.45) is -1.03. The molecule has 1 aliphatic carbocycles. The zero-order chi connectivity index (χ0) is 22.7. The fraction of sp³-hybridized carbons (Fsp3) is 0.261. The van der Waals surface area contributed by atoms with Crippen molar-refractivity contribution in [2.24, 2.45) is 0 Å². The Hall–Kier alpha value is -3.75. The predicted molar refractivity (Wildman–Crippen MR) is 112 cm³/mol. The normalized spacial score (nSPS) is 17.1. The van der Waals surface area contributed by atoms with Crippen LogP contribution in [0.4, 0.5) is 14.6 Å². The first-order valence-corrected chi connectivity index (χ1v) is 10.1. The summed E-state index contributed by atoms with van der Waals surface area (Å²) in [6.45, 7) is 3.80. The summed E-state index contributed by atoms with van der Waals surface area (Å²) in [5, 5.41) is 2.86. The second-order valence-corrected chi connectivity index (χ2v) is 8.10. The van der Waals surface area contributed by atoms with Gasteiger partial charge in [0.05, 0.1) is 11.1 Å². The number of aryl methyl sites for hydroxylation is 1. The lowest BCUT2D eigenvalue weighted by molar-refractivity contribution is -0.286. The highest BCUT2D eigenvalue weighted by molar-refractivity contribution is 6.01. The van der Waals surface area contributed by atoms with E-state index in [0.29, 0.717) is 35.5 Å². The fourth-order valence-electron chi connectivity index (χ4n) is 3.93. The number of hydrogen-bond donors (Lipinski definition) is 2. The first-order chi connectivity index (χ1) is 15.2. The van der Waals surface area contributed by atoms with Gasteiger partial charge in [-0.3, -0.25) is 9.59 Å². The van der Waals surface area contributed by atoms with Gasteiger partial charge in [0.25, 0.3) is 0 Å². The summed E-state index contributed by atoms with van der Waals surface area (Å²) in [7, 11) is 0. The van der Waals surface area contributed by atoms with E-state index in [1.54, 1.807) is 24.4 Å². The summed E-state index contributed by atoms with van der Waals surface area (Å²) in [4.78, 5) is 32.1. The van der Waals surface area contributed by atoms with Crippen molar-refractivity contribution >= 4 is 11.7 Å². The topological polar surface area (TPSA) is 93.3 Å². The van der Waals surface area contributed by atoms with Crippen LogP contribution in [0.3, 0.4) is 0 Å². The first-order valence-electron chi connectivity index (χ1n) is 10.1. The highest BCUT2D eigenvalue weighted by atomic mass is 19.3. The molecule has 7 nitrogen and oxygen atoms in total. The molecule has 3 heterocycles. The molecule has 5 rings (SSSR count). The van der Waals surface area contributed by atoms with E-state index in [2.05, 4.69) is 24.8 Å². The van der Waals surface area contributed by atoms with Crippen molar-refractivity contribution in [2.45, 2.75) is 38.4 Å². The van der Waals surface area contributed by atoms with E-state index in [1.807, 2.05) is 13.8 Å². The number of H-pyrrole nitrogens is 1. The highest BCUT2D eigenvalue weighted by Crippen LogP contribution is 2.52. The molecule has 0 spiro atoms. The number of anilines is 1. The minimum absolute atomic E-state index is 0.0618. The van der Waals surface area contributed by atoms with E-state index in [1.165, 1.54) is 18.2 Å². The zero-order valence-corrected chi connectivity index (χ0v) is 17.3. The fourth-order valence-corrected chi connectivity index (χ4v) is 3.93. The largest absolute Gasteiger partial charge is 0.586 e. The number of nitrogens with one attached hydrogen (secondary N) is 2. The average Bonchev–Trinajstić information content (AvgIpc) is 3.47. The van der Waals surface area contributed by atoms with Crippen LogP contribution in [0, 0.1) is 13.8 Å². The molecule has 2 N–H and O–H groups in total. The Morgan fingerprint density at radius 1 is 1.09 bits per heavy atom. The van der Waals surface area contributed by atoms with Gasteiger partial charge in [0.1, 0.15) is 5.82 Å². The predicted octanol–water partition coefficient (Wildman–Crippen LogP) is 4.05. The molecule has 9 heteroatoms. The van der Waals surface area contributed by atoms with Gasteiger partial charge < -0.3 is 19.8 Å². The van der Waals surface area contributed by atoms with E-state index in [9.17, 15) is 18.4 Å². The number of aromatic nitrogens is 2. The van der Waals surface area contributed by atoms with Crippen LogP contribution in [-0.2, 0) is 10.2 Å². The van der Waals surface area contributed by atoms with E-state index >= 15 is 0 Å². The van der Waals surface area contributed by atoms with Gasteiger partial charge in [-0.1, -0.05) is 6.07 Å². The molecule has 1 amide bonds. The Balaban J connectivity index is 1.44. The number of alkyl halides is 2. The number of benzene rings is 1. The van der Waals surface area contributed by atoms with Gasteiger partial charge in [0.15, 0.2) is 11.5 Å². The van der Waals surface area contributed by atoms with Crippen molar-refractivity contribution in [3.05, 3.63) is 69.6 Å². The van der Waals surface area contributed by atoms with Crippen molar-refractivity contribution in [1.29, 1.82) is 0 Å². The lowest BCUT2D eigenvalue weighted by atomic mass is 9.94. The monoisotopic (exact) mass is 439 g/mol. The number of hydrogen-bond acceptors (Lipinski definition) is 5. The van der Waals surface area contributed by atoms with Crippen molar-refractivity contribution in [2.75, 3.05) is 5.32 Å². The van der Waals surface area contributed by atoms with Gasteiger partial charge >= 0.3 is 6.29 Å². The standard InChI is InChI=1S/C23H19F2N3O4/c1-12-9-18(27-20(13(12)2)14-5-8-26-19(29)10-14)28-21(30)22(6-7-22)15-3-4-16-17(11-15)32-23(24,25)31-16/h3-5,8-11H,6-7H2,1-2H3,(H,26,29)(H,27,28,30). The molecule has 32 heavy (non-hydrogen) atoms. The maximum absolute atomic E-state index is 13.3. The smallest absolute Gasteiger partial charge is 0.395 e. The molecule has 2 aromatic heterocycles. The minimum atomic E-state index is -3.71. The SMILES string of the molecule is Cc1cc(NC(=O)C2(c3ccc4c(c3)OC(F)(F)O4)CC2)nc(-c2cc[nH]c(=O)c2)c1C. The molecule has 1 fully saturated rings. The zero-order valence-electron chi connectivity index (χ0n) is 17.3. The van der Waals surface area contributed by atoms with Crippen LogP contribution >= 0.6 is 0 Å². The van der Waals surface area contributed by atoms with E-state index in [4.69, 9.17) is 0 Å². The lowest BCUT2D eigenvalue weighted by Gasteiger charge is -2.17. The third-order valence-corrected chi connectivity index (χ3v) is 5.96. The molecule has 3 aromatic rings. The Labute approximate surface area is 181 Å². The van der Waals surface area contributed by atoms with Gasteiger partial charge in [-0.25, -0.2) is 4.98 Å². The van der Waals surface area contributed by atoms with E-state index in [0.717, 1.165) is 11.1 Å². The van der Waals surface area contributed by atoms with Crippen LogP contribution < -0.4 is 20.3 Å². The minimum Gasteiger partial charge on any atom is -0.395 e. The van der Waals surface area contributed by atoms with E-state index in [-0.39, 0.29) is 23.0 Å². The average molecular weight is 439 g/mol. The highest BCUT2D eigenvalue weighted by Gasteiger charge is 2.53. The second kappa shape index (κ2) is 6.88. The molecule has 2 aliphatic rings. The number of nitrogens with zero attached hydrogens (tertiary/aromatic N) is 1. The van der Waals surface area contributed by atoms with Crippen LogP contribution in [-0.4, -0.2) is 22.2 Å². The molecule has 0 bridgehead atoms. The summed E-state index contributed by atoms with van der Waals surface area (Å²) in [5.74, 6) is -0.0802. The van der Waals surface area contributed by atoms with Crippen LogP contribution in [0.25, 0.3) is 11.3 Å². The number of aromatic amines is 1. The molecule has 1 saturated carbocycles. The molecule has 0 saturated heterocycles. The summed E-state index contributed by atoms with van der Waals surface area (Å²) < 4.78 is 35.7. The summed E-state index contributed by atoms with van der Waals surface area (Å²) in [5.41, 5.74) is 2.52. The van der Waals surface area contributed by atoms with E-state index < -0.39 is 11.7 Å². The molecular weight excluding hydrogens is 420 g/mol. The quantitative estimate of drug-likeness (QED) is 0.640. The molecule has 1 aliphatic heterocycles. The van der Waals surface area contributed by atoms with Crippen molar-refractivity contribution in [1.82, 2.24) is 9.97 Å². The van der Waals surface area contributed by atoms with Gasteiger partial charge in [0, 0.05) is 17.8 Å². The maximum Gasteiger partial charge on any atom is 0.586 e. The molecule has 0 radical (unpaired) electrons. The van der Waals surface area contributed by atoms with Gasteiger partial charge in [-0.15, -0.1) is 8.78 Å². The number of fused-ring (bicyclic) bond motifs is 1. The van der Waals surface area contributed by atoms with Crippen molar-refractivity contribution < 1.29 is 23.0 Å². The van der Waals surface area contributed by atoms with Gasteiger partial charge in [0.2, 0.25) is 11.5 Å². The molecule has 1 aromatic carbocycles. The lowest BCUT2D eigenvalue weighted by Crippen LogP contribution is -2.28. The van der Waals surface area contributed by atoms with Crippen LogP contribution in [0.1, 0.15) is 29.5 Å². The van der Waals surface area contributed by atoms with Gasteiger partial charge in [-0.2, -0.15) is 0 Å². The Kier molecular flexibility index (Phi) is 4.34. The van der Waals surface area contributed by atoms with Crippen molar-refractivity contribution in [3.63, 3.8) is 0 Å². The van der Waals surface area contributed by atoms with Crippen molar-refractivity contribution in [3.8, 4) is 22.8 Å². The number of carbonyl (C=O) groups is 1. The number of amides is 1. The Morgan fingerprint density at radius 2 is 1.84 bits per heavy atom. The van der Waals surface area contributed by atoms with Crippen LogP contribution in [0.5, 0.6) is 11.5 Å². The van der Waals surface area contributed by atoms with Crippen LogP contribution in [0.15, 0.2) is 47.4 Å². The Morgan fingerprint density at radius 3 is 2.56 bits per heavy atom. The number of ether oxygens (including phenoxy) is 2. The third-order valence-electron chi connectivity index (χ3n) is 5.96. The second-order valence-electron chi connectivity index (χ2n) is 8.10. The number of carbonyl (C=O) groups excluding carboxylic acids is 1. The Bertz CT molecular complexity index is 1310. The molecular formula is C23H19F2N3O4. The number of pyridine rings is 2.